The van der Waals surface area contributed by atoms with E-state index < -0.39 is 18.2 Å². The van der Waals surface area contributed by atoms with Crippen LogP contribution in [0.25, 0.3) is 0 Å². The molecule has 1 aromatic carbocycles. The molecule has 7 heteroatoms. The molecule has 2 heterocycles. The van der Waals surface area contributed by atoms with Gasteiger partial charge in [-0.2, -0.15) is 0 Å². The maximum absolute atomic E-state index is 12.9. The topological polar surface area (TPSA) is 89.1 Å². The van der Waals surface area contributed by atoms with Gasteiger partial charge >= 0.3 is 6.09 Å². The zero-order valence-corrected chi connectivity index (χ0v) is 18.5. The maximum Gasteiger partial charge on any atom is 0.407 e. The van der Waals surface area contributed by atoms with E-state index in [1.54, 1.807) is 0 Å². The largest absolute Gasteiger partial charge is 0.446 e. The van der Waals surface area contributed by atoms with E-state index >= 15 is 0 Å². The Morgan fingerprint density at radius 3 is 2.77 bits per heavy atom. The number of aliphatic hydroxyl groups is 1. The molecule has 31 heavy (non-hydrogen) atoms. The SMILES string of the molecule is CC(C)CNCC(O)C(Cc1ccccc1)NC(=O)OC1C2CCOC3OCC1C3C2. The first-order valence-electron chi connectivity index (χ1n) is 11.6. The standard InChI is InChI=1S/C24H36N2O5/c1-15(2)12-25-13-21(27)20(10-16-6-4-3-5-7-16)26-24(28)31-22-17-8-9-29-23-18(11-17)19(22)14-30-23/h3-7,15,17-23,25,27H,8-14H2,1-2H3,(H,26,28). The maximum atomic E-state index is 12.9. The molecule has 2 bridgehead atoms. The summed E-state index contributed by atoms with van der Waals surface area (Å²) in [5, 5.41) is 17.1. The Kier molecular flexibility index (Phi) is 7.48. The second-order valence-corrected chi connectivity index (χ2v) is 9.61. The van der Waals surface area contributed by atoms with Gasteiger partial charge in [0.15, 0.2) is 6.29 Å². The van der Waals surface area contributed by atoms with E-state index in [2.05, 4.69) is 24.5 Å². The minimum atomic E-state index is -0.717. The van der Waals surface area contributed by atoms with Crippen LogP contribution in [0.4, 0.5) is 4.79 Å². The summed E-state index contributed by atoms with van der Waals surface area (Å²) in [5.41, 5.74) is 1.06. The third kappa shape index (κ3) is 5.58. The number of carbonyl (C=O) groups excluding carboxylic acids is 1. The smallest absolute Gasteiger partial charge is 0.407 e. The van der Waals surface area contributed by atoms with Crippen molar-refractivity contribution >= 4 is 6.09 Å². The Labute approximate surface area is 184 Å². The lowest BCUT2D eigenvalue weighted by molar-refractivity contribution is -0.124. The molecule has 2 aliphatic heterocycles. The highest BCUT2D eigenvalue weighted by molar-refractivity contribution is 5.68. The number of hydrogen-bond donors (Lipinski definition) is 3. The molecule has 3 N–H and O–H groups in total. The number of nitrogens with one attached hydrogen (secondary N) is 2. The van der Waals surface area contributed by atoms with E-state index in [9.17, 15) is 9.90 Å². The number of amides is 1. The summed E-state index contributed by atoms with van der Waals surface area (Å²) in [4.78, 5) is 12.9. The molecule has 0 aromatic heterocycles. The number of alkyl carbamates (subject to hydrolysis) is 1. The molecule has 0 radical (unpaired) electrons. The van der Waals surface area contributed by atoms with Crippen molar-refractivity contribution in [3.8, 4) is 0 Å². The first-order chi connectivity index (χ1) is 15.0. The molecular weight excluding hydrogens is 396 g/mol. The number of fused-ring (bicyclic) bond motifs is 1. The lowest BCUT2D eigenvalue weighted by Crippen LogP contribution is -2.50. The van der Waals surface area contributed by atoms with Crippen LogP contribution in [0.3, 0.4) is 0 Å². The molecule has 7 atom stereocenters. The van der Waals surface area contributed by atoms with Crippen LogP contribution in [0.2, 0.25) is 0 Å². The van der Waals surface area contributed by atoms with Gasteiger partial charge in [0.1, 0.15) is 6.10 Å². The van der Waals surface area contributed by atoms with E-state index in [-0.39, 0.29) is 18.3 Å². The Morgan fingerprint density at radius 2 is 2.00 bits per heavy atom. The summed E-state index contributed by atoms with van der Waals surface area (Å²) in [7, 11) is 0. The van der Waals surface area contributed by atoms with Gasteiger partial charge in [0.25, 0.3) is 0 Å². The fourth-order valence-electron chi connectivity index (χ4n) is 5.21. The first kappa shape index (κ1) is 22.5. The van der Waals surface area contributed by atoms with E-state index in [0.29, 0.717) is 43.9 Å². The van der Waals surface area contributed by atoms with Gasteiger partial charge in [-0.25, -0.2) is 4.79 Å². The molecule has 0 spiro atoms. The van der Waals surface area contributed by atoms with Crippen LogP contribution in [0.5, 0.6) is 0 Å². The van der Waals surface area contributed by atoms with Crippen LogP contribution in [0, 0.1) is 23.7 Å². The number of carbonyl (C=O) groups is 1. The van der Waals surface area contributed by atoms with E-state index in [1.807, 2.05) is 30.3 Å². The fraction of sp³-hybridized carbons (Fsp3) is 0.708. The second kappa shape index (κ2) is 10.3. The van der Waals surface area contributed by atoms with Gasteiger partial charge in [-0.3, -0.25) is 0 Å². The van der Waals surface area contributed by atoms with Gasteiger partial charge in [-0.1, -0.05) is 44.2 Å². The summed E-state index contributed by atoms with van der Waals surface area (Å²) in [6.07, 6.45) is 0.954. The highest BCUT2D eigenvalue weighted by atomic mass is 16.7. The van der Waals surface area contributed by atoms with Gasteiger partial charge in [0.05, 0.1) is 25.4 Å². The molecular formula is C24H36N2O5. The highest BCUT2D eigenvalue weighted by Crippen LogP contribution is 2.49. The van der Waals surface area contributed by atoms with Crippen LogP contribution in [0.1, 0.15) is 32.3 Å². The van der Waals surface area contributed by atoms with Crippen molar-refractivity contribution < 1.29 is 24.1 Å². The van der Waals surface area contributed by atoms with Crippen molar-refractivity contribution in [1.29, 1.82) is 0 Å². The third-order valence-corrected chi connectivity index (χ3v) is 6.80. The Bertz CT molecular complexity index is 715. The number of rotatable bonds is 9. The molecule has 1 amide bonds. The number of hydrogen-bond acceptors (Lipinski definition) is 6. The van der Waals surface area contributed by atoms with Crippen molar-refractivity contribution in [2.24, 2.45) is 23.7 Å². The van der Waals surface area contributed by atoms with Crippen molar-refractivity contribution in [1.82, 2.24) is 10.6 Å². The van der Waals surface area contributed by atoms with Gasteiger partial charge < -0.3 is 30.0 Å². The monoisotopic (exact) mass is 432 g/mol. The Balaban J connectivity index is 1.37. The number of aliphatic hydroxyl groups excluding tert-OH is 1. The van der Waals surface area contributed by atoms with Crippen molar-refractivity contribution in [3.63, 3.8) is 0 Å². The van der Waals surface area contributed by atoms with E-state index in [0.717, 1.165) is 24.9 Å². The normalized spacial score (nSPS) is 31.3. The van der Waals surface area contributed by atoms with Gasteiger partial charge in [-0.15, -0.1) is 0 Å². The molecule has 172 valence electrons. The highest BCUT2D eigenvalue weighted by Gasteiger charge is 2.54. The molecule has 4 rings (SSSR count). The van der Waals surface area contributed by atoms with Crippen molar-refractivity contribution in [2.45, 2.75) is 57.6 Å². The molecule has 1 aliphatic carbocycles. The summed E-state index contributed by atoms with van der Waals surface area (Å²) < 4.78 is 17.5. The quantitative estimate of drug-likeness (QED) is 0.555. The van der Waals surface area contributed by atoms with E-state index in [4.69, 9.17) is 14.2 Å². The lowest BCUT2D eigenvalue weighted by atomic mass is 9.96. The lowest BCUT2D eigenvalue weighted by Gasteiger charge is -2.28. The number of ether oxygens (including phenoxy) is 3. The minimum Gasteiger partial charge on any atom is -0.446 e. The number of benzene rings is 1. The average molecular weight is 433 g/mol. The minimum absolute atomic E-state index is 0.146. The summed E-state index contributed by atoms with van der Waals surface area (Å²) >= 11 is 0. The Morgan fingerprint density at radius 1 is 1.19 bits per heavy atom. The predicted octanol–water partition coefficient (Wildman–Crippen LogP) is 2.33. The van der Waals surface area contributed by atoms with Crippen molar-refractivity contribution in [2.75, 3.05) is 26.3 Å². The molecule has 7 nitrogen and oxygen atoms in total. The summed E-state index contributed by atoms with van der Waals surface area (Å²) in [6, 6.07) is 9.47. The van der Waals surface area contributed by atoms with Crippen LogP contribution in [0.15, 0.2) is 30.3 Å². The van der Waals surface area contributed by atoms with Gasteiger partial charge in [-0.05, 0) is 43.2 Å². The zero-order valence-electron chi connectivity index (χ0n) is 18.5. The summed E-state index contributed by atoms with van der Waals surface area (Å²) in [5.74, 6) is 1.33. The third-order valence-electron chi connectivity index (χ3n) is 6.80. The van der Waals surface area contributed by atoms with E-state index in [1.165, 1.54) is 0 Å². The average Bonchev–Trinajstić information content (AvgIpc) is 3.23. The molecule has 7 unspecified atom stereocenters. The van der Waals surface area contributed by atoms with Crippen LogP contribution in [-0.2, 0) is 20.6 Å². The first-order valence-corrected chi connectivity index (χ1v) is 11.6. The van der Waals surface area contributed by atoms with Gasteiger partial charge in [0.2, 0.25) is 0 Å². The van der Waals surface area contributed by atoms with Gasteiger partial charge in [0, 0.05) is 18.4 Å². The fourth-order valence-corrected chi connectivity index (χ4v) is 5.21. The molecule has 1 aromatic rings. The van der Waals surface area contributed by atoms with Crippen molar-refractivity contribution in [3.05, 3.63) is 35.9 Å². The zero-order chi connectivity index (χ0) is 21.8. The molecule has 1 saturated carbocycles. The van der Waals surface area contributed by atoms with Crippen LogP contribution >= 0.6 is 0 Å². The van der Waals surface area contributed by atoms with Crippen LogP contribution in [-0.4, -0.2) is 62.0 Å². The predicted molar refractivity (Wildman–Crippen MR) is 116 cm³/mol. The van der Waals surface area contributed by atoms with Crippen LogP contribution < -0.4 is 10.6 Å². The molecule has 3 fully saturated rings. The second-order valence-electron chi connectivity index (χ2n) is 9.61. The Hall–Kier alpha value is -1.67. The molecule has 2 saturated heterocycles. The summed E-state index contributed by atoms with van der Waals surface area (Å²) in [6.45, 7) is 6.71. The molecule has 3 aliphatic rings.